The molecule has 1 heterocycles. The van der Waals surface area contributed by atoms with Crippen molar-refractivity contribution in [2.45, 2.75) is 6.42 Å². The highest BCUT2D eigenvalue weighted by Gasteiger charge is 2.19. The van der Waals surface area contributed by atoms with Crippen LogP contribution in [0.15, 0.2) is 48.5 Å². The van der Waals surface area contributed by atoms with Crippen LogP contribution < -0.4 is 9.64 Å². The normalized spacial score (nSPS) is 14.6. The van der Waals surface area contributed by atoms with E-state index in [2.05, 4.69) is 15.9 Å². The summed E-state index contributed by atoms with van der Waals surface area (Å²) in [6, 6.07) is 15.3. The van der Waals surface area contributed by atoms with E-state index in [-0.39, 0.29) is 18.2 Å². The van der Waals surface area contributed by atoms with Gasteiger partial charge in [-0.3, -0.25) is 9.69 Å². The van der Waals surface area contributed by atoms with Gasteiger partial charge in [-0.15, -0.1) is 12.4 Å². The maximum atomic E-state index is 12.3. The van der Waals surface area contributed by atoms with E-state index in [9.17, 15) is 4.79 Å². The van der Waals surface area contributed by atoms with Gasteiger partial charge in [-0.25, -0.2) is 0 Å². The summed E-state index contributed by atoms with van der Waals surface area (Å²) < 4.78 is 5.13. The van der Waals surface area contributed by atoms with E-state index in [1.807, 2.05) is 42.5 Å². The average Bonchev–Trinajstić information content (AvgIpc) is 2.67. The Hall–Kier alpha value is -1.75. The van der Waals surface area contributed by atoms with E-state index < -0.39 is 0 Å². The second kappa shape index (κ2) is 9.81. The number of carbonyl (C=O) groups is 1. The number of hydrogen-bond donors (Lipinski definition) is 0. The number of ether oxygens (including phenoxy) is 1. The first-order chi connectivity index (χ1) is 12.2. The van der Waals surface area contributed by atoms with Gasteiger partial charge >= 0.3 is 0 Å². The van der Waals surface area contributed by atoms with Gasteiger partial charge in [0, 0.05) is 44.7 Å². The highest BCUT2D eigenvalue weighted by molar-refractivity contribution is 6.33. The molecule has 0 atom stereocenters. The van der Waals surface area contributed by atoms with Crippen molar-refractivity contribution in [1.82, 2.24) is 4.90 Å². The summed E-state index contributed by atoms with van der Waals surface area (Å²) in [5, 5.41) is 0.797. The molecular formula is C20H24Cl2N2O2. The molecule has 0 saturated carbocycles. The van der Waals surface area contributed by atoms with E-state index in [1.165, 1.54) is 0 Å². The molecule has 1 aliphatic rings. The molecule has 2 aromatic carbocycles. The summed E-state index contributed by atoms with van der Waals surface area (Å²) in [4.78, 5) is 17.0. The van der Waals surface area contributed by atoms with Crippen molar-refractivity contribution in [3.05, 3.63) is 59.1 Å². The Morgan fingerprint density at radius 1 is 1.04 bits per heavy atom. The Kier molecular flexibility index (Phi) is 7.76. The highest BCUT2D eigenvalue weighted by atomic mass is 35.5. The maximum Gasteiger partial charge on any atom is 0.164 e. The van der Waals surface area contributed by atoms with Gasteiger partial charge in [0.15, 0.2) is 5.78 Å². The van der Waals surface area contributed by atoms with E-state index in [0.29, 0.717) is 6.42 Å². The number of benzene rings is 2. The summed E-state index contributed by atoms with van der Waals surface area (Å²) in [5.74, 6) is 0.948. The van der Waals surface area contributed by atoms with Gasteiger partial charge < -0.3 is 9.64 Å². The Morgan fingerprint density at radius 2 is 1.69 bits per heavy atom. The van der Waals surface area contributed by atoms with E-state index in [1.54, 1.807) is 7.11 Å². The van der Waals surface area contributed by atoms with Gasteiger partial charge in [-0.05, 0) is 36.4 Å². The SMILES string of the molecule is COc1ccc(C(=O)CCN2CCN(c3ccccc3Cl)CC2)cc1.Cl. The molecule has 1 aliphatic heterocycles. The number of para-hydroxylation sites is 1. The highest BCUT2D eigenvalue weighted by Crippen LogP contribution is 2.26. The zero-order chi connectivity index (χ0) is 17.6. The lowest BCUT2D eigenvalue weighted by Crippen LogP contribution is -2.47. The van der Waals surface area contributed by atoms with Crippen LogP contribution in [0.2, 0.25) is 5.02 Å². The fourth-order valence-corrected chi connectivity index (χ4v) is 3.36. The lowest BCUT2D eigenvalue weighted by atomic mass is 10.1. The number of anilines is 1. The van der Waals surface area contributed by atoms with E-state index in [0.717, 1.165) is 54.7 Å². The Labute approximate surface area is 166 Å². The zero-order valence-electron chi connectivity index (χ0n) is 14.9. The minimum absolute atomic E-state index is 0. The number of rotatable bonds is 6. The summed E-state index contributed by atoms with van der Waals surface area (Å²) in [6.45, 7) is 4.55. The molecule has 0 aromatic heterocycles. The van der Waals surface area contributed by atoms with Crippen LogP contribution in [0.5, 0.6) is 5.75 Å². The summed E-state index contributed by atoms with van der Waals surface area (Å²) in [6.07, 6.45) is 0.540. The molecule has 0 bridgehead atoms. The minimum atomic E-state index is 0. The molecule has 0 spiro atoms. The molecule has 4 nitrogen and oxygen atoms in total. The second-order valence-electron chi connectivity index (χ2n) is 6.18. The fraction of sp³-hybridized carbons (Fsp3) is 0.350. The third-order valence-electron chi connectivity index (χ3n) is 4.63. The topological polar surface area (TPSA) is 32.8 Å². The van der Waals surface area contributed by atoms with E-state index >= 15 is 0 Å². The summed E-state index contributed by atoms with van der Waals surface area (Å²) in [7, 11) is 1.62. The van der Waals surface area contributed by atoms with Crippen molar-refractivity contribution in [2.24, 2.45) is 0 Å². The molecule has 140 valence electrons. The van der Waals surface area contributed by atoms with E-state index in [4.69, 9.17) is 16.3 Å². The standard InChI is InChI=1S/C20H23ClN2O2.ClH/c1-25-17-8-6-16(7-9-17)20(24)10-11-22-12-14-23(15-13-22)19-5-3-2-4-18(19)21;/h2-9H,10-15H2,1H3;1H. The van der Waals surface area contributed by atoms with Crippen molar-refractivity contribution in [3.8, 4) is 5.75 Å². The van der Waals surface area contributed by atoms with Crippen LogP contribution in [0.1, 0.15) is 16.8 Å². The molecule has 0 aliphatic carbocycles. The molecule has 1 fully saturated rings. The lowest BCUT2D eigenvalue weighted by molar-refractivity contribution is 0.0962. The molecule has 0 N–H and O–H groups in total. The second-order valence-corrected chi connectivity index (χ2v) is 6.59. The molecule has 6 heteroatoms. The number of carbonyl (C=O) groups excluding carboxylic acids is 1. The molecule has 26 heavy (non-hydrogen) atoms. The number of nitrogens with zero attached hydrogens (tertiary/aromatic N) is 2. The third-order valence-corrected chi connectivity index (χ3v) is 4.95. The molecule has 1 saturated heterocycles. The average molecular weight is 395 g/mol. The molecule has 2 aromatic rings. The third kappa shape index (κ3) is 5.13. The Balaban J connectivity index is 0.00000243. The molecule has 0 unspecified atom stereocenters. The van der Waals surface area contributed by atoms with Crippen molar-refractivity contribution in [3.63, 3.8) is 0 Å². The molecule has 0 amide bonds. The largest absolute Gasteiger partial charge is 0.497 e. The van der Waals surface area contributed by atoms with Gasteiger partial charge in [0.1, 0.15) is 5.75 Å². The quantitative estimate of drug-likeness (QED) is 0.688. The van der Waals surface area contributed by atoms with Crippen molar-refractivity contribution in [2.75, 3.05) is 44.7 Å². The van der Waals surface area contributed by atoms with Crippen molar-refractivity contribution in [1.29, 1.82) is 0 Å². The summed E-state index contributed by atoms with van der Waals surface area (Å²) >= 11 is 6.28. The first kappa shape index (κ1) is 20.6. The zero-order valence-corrected chi connectivity index (χ0v) is 16.4. The van der Waals surface area contributed by atoms with Gasteiger partial charge in [0.05, 0.1) is 17.8 Å². The van der Waals surface area contributed by atoms with Crippen LogP contribution in [-0.4, -0.2) is 50.5 Å². The van der Waals surface area contributed by atoms with Crippen molar-refractivity contribution >= 4 is 35.5 Å². The van der Waals surface area contributed by atoms with Gasteiger partial charge in [0.25, 0.3) is 0 Å². The van der Waals surface area contributed by atoms with Crippen LogP contribution in [0.25, 0.3) is 0 Å². The van der Waals surface area contributed by atoms with Crippen LogP contribution in [0, 0.1) is 0 Å². The molecule has 3 rings (SSSR count). The first-order valence-electron chi connectivity index (χ1n) is 8.56. The molecular weight excluding hydrogens is 371 g/mol. The molecule has 0 radical (unpaired) electrons. The number of halogens is 2. The van der Waals surface area contributed by atoms with Crippen LogP contribution in [-0.2, 0) is 0 Å². The first-order valence-corrected chi connectivity index (χ1v) is 8.94. The number of ketones is 1. The van der Waals surface area contributed by atoms with Crippen LogP contribution in [0.4, 0.5) is 5.69 Å². The monoisotopic (exact) mass is 394 g/mol. The lowest BCUT2D eigenvalue weighted by Gasteiger charge is -2.36. The predicted octanol–water partition coefficient (Wildman–Crippen LogP) is 4.17. The fourth-order valence-electron chi connectivity index (χ4n) is 3.10. The van der Waals surface area contributed by atoms with Crippen LogP contribution in [0.3, 0.4) is 0 Å². The number of methoxy groups -OCH3 is 1. The maximum absolute atomic E-state index is 12.3. The number of piperazine rings is 1. The summed E-state index contributed by atoms with van der Waals surface area (Å²) in [5.41, 5.74) is 1.84. The Morgan fingerprint density at radius 3 is 2.31 bits per heavy atom. The predicted molar refractivity (Wildman–Crippen MR) is 109 cm³/mol. The Bertz CT molecular complexity index is 714. The van der Waals surface area contributed by atoms with Gasteiger partial charge in [-0.1, -0.05) is 23.7 Å². The van der Waals surface area contributed by atoms with Gasteiger partial charge in [-0.2, -0.15) is 0 Å². The number of Topliss-reactive ketones (excluding diaryl/α,β-unsaturated/α-hetero) is 1. The number of hydrogen-bond acceptors (Lipinski definition) is 4. The van der Waals surface area contributed by atoms with Crippen molar-refractivity contribution < 1.29 is 9.53 Å². The van der Waals surface area contributed by atoms with Gasteiger partial charge in [0.2, 0.25) is 0 Å². The smallest absolute Gasteiger partial charge is 0.164 e. The minimum Gasteiger partial charge on any atom is -0.497 e. The van der Waals surface area contributed by atoms with Crippen LogP contribution >= 0.6 is 24.0 Å².